The lowest BCUT2D eigenvalue weighted by Gasteiger charge is -2.12. The van der Waals surface area contributed by atoms with Crippen LogP contribution in [0.15, 0.2) is 21.2 Å². The van der Waals surface area contributed by atoms with Crippen molar-refractivity contribution in [3.05, 3.63) is 26.9 Å². The van der Waals surface area contributed by atoms with E-state index >= 15 is 0 Å². The molecule has 1 unspecified atom stereocenters. The molecule has 2 nitrogen and oxygen atoms in total. The Morgan fingerprint density at radius 3 is 2.50 bits per heavy atom. The summed E-state index contributed by atoms with van der Waals surface area (Å²) in [5, 5.41) is 0. The molecule has 1 aromatic heterocycles. The van der Waals surface area contributed by atoms with Crippen molar-refractivity contribution in [3.63, 3.8) is 0 Å². The number of hydrogen-bond donors (Lipinski definition) is 1. The van der Waals surface area contributed by atoms with E-state index in [2.05, 4.69) is 43.8 Å². The quantitative estimate of drug-likeness (QED) is 0.619. The summed E-state index contributed by atoms with van der Waals surface area (Å²) in [4.78, 5) is 4.39. The van der Waals surface area contributed by atoms with Gasteiger partial charge >= 0.3 is 0 Å². The first kappa shape index (κ1) is 16.1. The zero-order valence-corrected chi connectivity index (χ0v) is 14.1. The van der Waals surface area contributed by atoms with Crippen molar-refractivity contribution in [3.8, 4) is 0 Å². The van der Waals surface area contributed by atoms with Crippen LogP contribution < -0.4 is 5.73 Å². The van der Waals surface area contributed by atoms with Gasteiger partial charge < -0.3 is 5.73 Å². The fourth-order valence-electron chi connectivity index (χ4n) is 1.98. The molecule has 0 spiro atoms. The fourth-order valence-corrected chi connectivity index (χ4v) is 3.26. The zero-order valence-electron chi connectivity index (χ0n) is 11.0. The first-order valence-corrected chi connectivity index (χ1v) is 8.30. The molecule has 0 radical (unpaired) electrons. The van der Waals surface area contributed by atoms with E-state index in [1.165, 1.54) is 38.5 Å². The molecule has 0 saturated carbocycles. The Morgan fingerprint density at radius 1 is 1.17 bits per heavy atom. The largest absolute Gasteiger partial charge is 0.323 e. The van der Waals surface area contributed by atoms with E-state index in [-0.39, 0.29) is 6.04 Å². The minimum Gasteiger partial charge on any atom is -0.323 e. The van der Waals surface area contributed by atoms with Crippen LogP contribution in [0.3, 0.4) is 0 Å². The highest BCUT2D eigenvalue weighted by Crippen LogP contribution is 2.26. The first-order valence-electron chi connectivity index (χ1n) is 6.71. The minimum atomic E-state index is 0.0404. The summed E-state index contributed by atoms with van der Waals surface area (Å²) in [7, 11) is 0. The number of unbranched alkanes of at least 4 members (excludes halogenated alkanes) is 5. The highest BCUT2D eigenvalue weighted by atomic mass is 79.9. The van der Waals surface area contributed by atoms with Gasteiger partial charge in [-0.1, -0.05) is 45.4 Å². The maximum Gasteiger partial charge on any atom is 0.0713 e. The molecule has 1 aromatic rings. The number of pyridine rings is 1. The standard InChI is InChI=1S/C14H22Br2N2/c1-2-3-4-5-6-7-8-13(17)14-12(16)9-11(15)10-18-14/h9-10,13H,2-8,17H2,1H3. The Labute approximate surface area is 127 Å². The lowest BCUT2D eigenvalue weighted by molar-refractivity contribution is 0.539. The van der Waals surface area contributed by atoms with Crippen molar-refractivity contribution in [1.29, 1.82) is 0 Å². The summed E-state index contributed by atoms with van der Waals surface area (Å²) in [5.41, 5.74) is 7.14. The summed E-state index contributed by atoms with van der Waals surface area (Å²) >= 11 is 6.92. The van der Waals surface area contributed by atoms with Crippen molar-refractivity contribution in [2.75, 3.05) is 0 Å². The van der Waals surface area contributed by atoms with Crippen molar-refractivity contribution < 1.29 is 0 Å². The van der Waals surface area contributed by atoms with Crippen LogP contribution in [0.1, 0.15) is 63.6 Å². The van der Waals surface area contributed by atoms with Gasteiger partial charge in [-0.25, -0.2) is 0 Å². The van der Waals surface area contributed by atoms with Gasteiger partial charge in [0.2, 0.25) is 0 Å². The second-order valence-corrected chi connectivity index (χ2v) is 6.45. The van der Waals surface area contributed by atoms with Crippen LogP contribution >= 0.6 is 31.9 Å². The molecule has 2 N–H and O–H groups in total. The number of hydrogen-bond acceptors (Lipinski definition) is 2. The molecule has 4 heteroatoms. The molecule has 0 amide bonds. The topological polar surface area (TPSA) is 38.9 Å². The molecule has 18 heavy (non-hydrogen) atoms. The predicted molar refractivity (Wildman–Crippen MR) is 84.6 cm³/mol. The summed E-state index contributed by atoms with van der Waals surface area (Å²) in [5.74, 6) is 0. The Bertz CT molecular complexity index is 356. The molecule has 0 aromatic carbocycles. The third-order valence-electron chi connectivity index (χ3n) is 3.06. The molecule has 1 atom stereocenters. The van der Waals surface area contributed by atoms with Gasteiger partial charge in [-0.05, 0) is 44.3 Å². The average molecular weight is 378 g/mol. The van der Waals surface area contributed by atoms with Crippen LogP contribution in [-0.4, -0.2) is 4.98 Å². The number of rotatable bonds is 8. The normalized spacial score (nSPS) is 12.7. The molecule has 0 aliphatic rings. The van der Waals surface area contributed by atoms with Crippen molar-refractivity contribution >= 4 is 31.9 Å². The Balaban J connectivity index is 2.29. The molecule has 0 fully saturated rings. The molecule has 102 valence electrons. The second-order valence-electron chi connectivity index (χ2n) is 4.68. The number of halogens is 2. The first-order chi connectivity index (χ1) is 8.65. The molecule has 0 bridgehead atoms. The average Bonchev–Trinajstić information content (AvgIpc) is 2.33. The van der Waals surface area contributed by atoms with Crippen LogP contribution in [0, 0.1) is 0 Å². The van der Waals surface area contributed by atoms with Crippen LogP contribution in [0.4, 0.5) is 0 Å². The van der Waals surface area contributed by atoms with Crippen LogP contribution in [0.2, 0.25) is 0 Å². The van der Waals surface area contributed by atoms with Gasteiger partial charge in [-0.2, -0.15) is 0 Å². The fraction of sp³-hybridized carbons (Fsp3) is 0.643. The predicted octanol–water partition coefficient (Wildman–Crippen LogP) is 5.36. The summed E-state index contributed by atoms with van der Waals surface area (Å²) in [6.07, 6.45) is 10.6. The molecule has 0 aliphatic heterocycles. The lowest BCUT2D eigenvalue weighted by Crippen LogP contribution is -2.12. The lowest BCUT2D eigenvalue weighted by atomic mass is 10.0. The number of aromatic nitrogens is 1. The summed E-state index contributed by atoms with van der Waals surface area (Å²) < 4.78 is 1.97. The van der Waals surface area contributed by atoms with Gasteiger partial charge in [-0.3, -0.25) is 4.98 Å². The van der Waals surface area contributed by atoms with E-state index in [1.807, 2.05) is 6.07 Å². The maximum atomic E-state index is 6.18. The third kappa shape index (κ3) is 5.81. The van der Waals surface area contributed by atoms with Crippen molar-refractivity contribution in [1.82, 2.24) is 4.98 Å². The van der Waals surface area contributed by atoms with E-state index in [1.54, 1.807) is 6.20 Å². The maximum absolute atomic E-state index is 6.18. The molecular formula is C14H22Br2N2. The Hall–Kier alpha value is 0.0700. The molecule has 0 aliphatic carbocycles. The van der Waals surface area contributed by atoms with Gasteiger partial charge in [0.25, 0.3) is 0 Å². The highest BCUT2D eigenvalue weighted by Gasteiger charge is 2.11. The second kappa shape index (κ2) is 9.05. The zero-order chi connectivity index (χ0) is 13.4. The SMILES string of the molecule is CCCCCCCCC(N)c1ncc(Br)cc1Br. The van der Waals surface area contributed by atoms with Gasteiger partial charge in [0.15, 0.2) is 0 Å². The summed E-state index contributed by atoms with van der Waals surface area (Å²) in [6, 6.07) is 2.04. The van der Waals surface area contributed by atoms with E-state index in [0.717, 1.165) is 21.1 Å². The molecule has 1 heterocycles. The van der Waals surface area contributed by atoms with E-state index < -0.39 is 0 Å². The van der Waals surface area contributed by atoms with Crippen LogP contribution in [0.25, 0.3) is 0 Å². The Kier molecular flexibility index (Phi) is 8.11. The third-order valence-corrected chi connectivity index (χ3v) is 4.12. The minimum absolute atomic E-state index is 0.0404. The smallest absolute Gasteiger partial charge is 0.0713 e. The van der Waals surface area contributed by atoms with Crippen molar-refractivity contribution in [2.24, 2.45) is 5.73 Å². The molecular weight excluding hydrogens is 356 g/mol. The Morgan fingerprint density at radius 2 is 1.83 bits per heavy atom. The summed E-state index contributed by atoms with van der Waals surface area (Å²) in [6.45, 7) is 2.24. The van der Waals surface area contributed by atoms with Gasteiger partial charge in [0, 0.05) is 21.2 Å². The van der Waals surface area contributed by atoms with E-state index in [9.17, 15) is 0 Å². The van der Waals surface area contributed by atoms with E-state index in [4.69, 9.17) is 5.73 Å². The van der Waals surface area contributed by atoms with Gasteiger partial charge in [0.05, 0.1) is 5.69 Å². The van der Waals surface area contributed by atoms with E-state index in [0.29, 0.717) is 0 Å². The van der Waals surface area contributed by atoms with Gasteiger partial charge in [-0.15, -0.1) is 0 Å². The molecule has 0 saturated heterocycles. The van der Waals surface area contributed by atoms with Crippen LogP contribution in [-0.2, 0) is 0 Å². The number of nitrogens with two attached hydrogens (primary N) is 1. The van der Waals surface area contributed by atoms with Crippen molar-refractivity contribution in [2.45, 2.75) is 57.9 Å². The highest BCUT2D eigenvalue weighted by molar-refractivity contribution is 9.11. The monoisotopic (exact) mass is 376 g/mol. The van der Waals surface area contributed by atoms with Gasteiger partial charge in [0.1, 0.15) is 0 Å². The van der Waals surface area contributed by atoms with Crippen LogP contribution in [0.5, 0.6) is 0 Å². The number of nitrogens with zero attached hydrogens (tertiary/aromatic N) is 1. The molecule has 1 rings (SSSR count).